The lowest BCUT2D eigenvalue weighted by atomic mass is 10.1. The maximum atomic E-state index is 14.2. The minimum absolute atomic E-state index is 0.00165. The predicted octanol–water partition coefficient (Wildman–Crippen LogP) is 3.47. The fourth-order valence-electron chi connectivity index (χ4n) is 3.41. The molecule has 2 atom stereocenters. The molecule has 2 aliphatic rings. The highest BCUT2D eigenvalue weighted by molar-refractivity contribution is 8.16. The minimum Gasteiger partial charge on any atom is -0.484 e. The largest absolute Gasteiger partial charge is 0.484 e. The van der Waals surface area contributed by atoms with Gasteiger partial charge in [-0.2, -0.15) is 4.99 Å². The second-order valence-corrected chi connectivity index (χ2v) is 10.9. The first-order valence-corrected chi connectivity index (χ1v) is 12.2. The molecule has 158 valence electrons. The van der Waals surface area contributed by atoms with E-state index in [1.165, 1.54) is 17.8 Å². The van der Waals surface area contributed by atoms with Gasteiger partial charge in [-0.1, -0.05) is 29.4 Å². The molecule has 2 saturated heterocycles. The van der Waals surface area contributed by atoms with Gasteiger partial charge in [0.1, 0.15) is 11.6 Å². The molecule has 2 aromatic carbocycles. The molecule has 0 bridgehead atoms. The number of rotatable bonds is 4. The molecule has 2 aliphatic heterocycles. The van der Waals surface area contributed by atoms with Crippen LogP contribution >= 0.6 is 23.4 Å². The molecule has 0 spiro atoms. The molecule has 2 aromatic rings. The van der Waals surface area contributed by atoms with E-state index >= 15 is 0 Å². The summed E-state index contributed by atoms with van der Waals surface area (Å²) in [5, 5.41) is 0.648. The second kappa shape index (κ2) is 8.20. The lowest BCUT2D eigenvalue weighted by Crippen LogP contribution is -2.38. The van der Waals surface area contributed by atoms with Crippen molar-refractivity contribution in [3.63, 3.8) is 0 Å². The summed E-state index contributed by atoms with van der Waals surface area (Å²) >= 11 is 7.06. The van der Waals surface area contributed by atoms with Gasteiger partial charge in [-0.25, -0.2) is 12.8 Å². The normalized spacial score (nSPS) is 23.6. The third-order valence-corrected chi connectivity index (χ3v) is 8.36. The lowest BCUT2D eigenvalue weighted by Gasteiger charge is -2.24. The van der Waals surface area contributed by atoms with Crippen LogP contribution in [0.4, 0.5) is 10.1 Å². The molecule has 2 fully saturated rings. The van der Waals surface area contributed by atoms with Crippen LogP contribution in [0.15, 0.2) is 47.5 Å². The molecule has 30 heavy (non-hydrogen) atoms. The first-order chi connectivity index (χ1) is 14.2. The Morgan fingerprint density at radius 2 is 2.00 bits per heavy atom. The van der Waals surface area contributed by atoms with Crippen molar-refractivity contribution in [2.45, 2.75) is 18.2 Å². The molecule has 4 rings (SSSR count). The monoisotopic (exact) mass is 468 g/mol. The van der Waals surface area contributed by atoms with Gasteiger partial charge in [-0.15, -0.1) is 0 Å². The first-order valence-electron chi connectivity index (χ1n) is 9.14. The minimum atomic E-state index is -3.20. The zero-order valence-corrected chi connectivity index (χ0v) is 18.3. The highest BCUT2D eigenvalue weighted by Gasteiger charge is 2.49. The molecule has 0 unspecified atom stereocenters. The molecule has 0 radical (unpaired) electrons. The Labute approximate surface area is 183 Å². The first kappa shape index (κ1) is 21.1. The number of ether oxygens (including phenoxy) is 1. The SMILES string of the molecule is Cc1ccc(N2C(=NC(=O)COc3ccc(Cl)cc3)S[C@@H]3CS(=O)(=O)C[C@@H]32)cc1F. The van der Waals surface area contributed by atoms with E-state index in [9.17, 15) is 17.6 Å². The Bertz CT molecular complexity index is 1120. The van der Waals surface area contributed by atoms with Crippen LogP contribution in [0.3, 0.4) is 0 Å². The number of hydrogen-bond donors (Lipinski definition) is 0. The summed E-state index contributed by atoms with van der Waals surface area (Å²) in [6.07, 6.45) is 0. The summed E-state index contributed by atoms with van der Waals surface area (Å²) in [4.78, 5) is 18.2. The molecular weight excluding hydrogens is 451 g/mol. The Balaban J connectivity index is 1.57. The van der Waals surface area contributed by atoms with Crippen LogP contribution < -0.4 is 9.64 Å². The number of aliphatic imine (C=N–C) groups is 1. The van der Waals surface area contributed by atoms with Gasteiger partial charge >= 0.3 is 0 Å². The highest BCUT2D eigenvalue weighted by Crippen LogP contribution is 2.41. The maximum Gasteiger partial charge on any atom is 0.285 e. The number of thioether (sulfide) groups is 1. The number of halogens is 2. The second-order valence-electron chi connectivity index (χ2n) is 7.13. The van der Waals surface area contributed by atoms with Crippen molar-refractivity contribution in [1.29, 1.82) is 0 Å². The lowest BCUT2D eigenvalue weighted by molar-refractivity contribution is -0.119. The number of benzene rings is 2. The van der Waals surface area contributed by atoms with Crippen molar-refractivity contribution >= 4 is 50.0 Å². The molecule has 0 aliphatic carbocycles. The van der Waals surface area contributed by atoms with Crippen LogP contribution in [-0.2, 0) is 14.6 Å². The predicted molar refractivity (Wildman–Crippen MR) is 117 cm³/mol. The zero-order valence-electron chi connectivity index (χ0n) is 15.9. The highest BCUT2D eigenvalue weighted by atomic mass is 35.5. The van der Waals surface area contributed by atoms with E-state index in [1.54, 1.807) is 48.2 Å². The number of carbonyl (C=O) groups is 1. The molecule has 6 nitrogen and oxygen atoms in total. The number of aryl methyl sites for hydroxylation is 1. The molecular formula is C20H18ClFN2O4S2. The summed E-state index contributed by atoms with van der Waals surface area (Å²) in [5.74, 6) is -0.505. The van der Waals surface area contributed by atoms with Crippen molar-refractivity contribution in [2.24, 2.45) is 4.99 Å². The number of amides is 1. The Morgan fingerprint density at radius 3 is 2.70 bits per heavy atom. The summed E-state index contributed by atoms with van der Waals surface area (Å²) in [6.45, 7) is 1.36. The molecule has 1 amide bonds. The molecule has 2 heterocycles. The van der Waals surface area contributed by atoms with E-state index in [0.29, 0.717) is 27.2 Å². The van der Waals surface area contributed by atoms with Crippen LogP contribution in [0.25, 0.3) is 0 Å². The zero-order chi connectivity index (χ0) is 21.5. The third-order valence-electron chi connectivity index (χ3n) is 4.90. The van der Waals surface area contributed by atoms with Crippen molar-refractivity contribution in [3.05, 3.63) is 58.9 Å². The summed E-state index contributed by atoms with van der Waals surface area (Å²) in [6, 6.07) is 10.8. The molecule has 0 aromatic heterocycles. The van der Waals surface area contributed by atoms with Crippen LogP contribution in [0, 0.1) is 12.7 Å². The molecule has 0 N–H and O–H groups in total. The van der Waals surface area contributed by atoms with E-state index in [-0.39, 0.29) is 23.4 Å². The number of nitrogens with zero attached hydrogens (tertiary/aromatic N) is 2. The van der Waals surface area contributed by atoms with Crippen molar-refractivity contribution in [2.75, 3.05) is 23.0 Å². The number of anilines is 1. The van der Waals surface area contributed by atoms with Crippen molar-refractivity contribution in [3.8, 4) is 5.75 Å². The van der Waals surface area contributed by atoms with Crippen LogP contribution in [0.5, 0.6) is 5.75 Å². The smallest absolute Gasteiger partial charge is 0.285 e. The van der Waals surface area contributed by atoms with Gasteiger partial charge in [0.25, 0.3) is 5.91 Å². The van der Waals surface area contributed by atoms with Crippen molar-refractivity contribution in [1.82, 2.24) is 0 Å². The standard InChI is InChI=1S/C20H18ClFN2O4S2/c1-12-2-5-14(8-16(12)22)24-17-10-30(26,27)11-18(17)29-20(24)23-19(25)9-28-15-6-3-13(21)4-7-15/h2-8,17-18H,9-11H2,1H3/t17-,18+/m0/s1. The van der Waals surface area contributed by atoms with Gasteiger partial charge in [0.05, 0.1) is 17.5 Å². The molecule has 0 saturated carbocycles. The topological polar surface area (TPSA) is 76.0 Å². The number of sulfone groups is 1. The maximum absolute atomic E-state index is 14.2. The number of fused-ring (bicyclic) bond motifs is 1. The van der Waals surface area contributed by atoms with E-state index in [2.05, 4.69) is 4.99 Å². The Hall–Kier alpha value is -2.10. The van der Waals surface area contributed by atoms with Crippen LogP contribution in [0.1, 0.15) is 5.56 Å². The number of amidine groups is 1. The van der Waals surface area contributed by atoms with Gasteiger partial charge in [-0.05, 0) is 48.9 Å². The van der Waals surface area contributed by atoms with E-state index in [1.807, 2.05) is 0 Å². The van der Waals surface area contributed by atoms with E-state index < -0.39 is 27.6 Å². The van der Waals surface area contributed by atoms with Crippen LogP contribution in [0.2, 0.25) is 5.02 Å². The van der Waals surface area contributed by atoms with E-state index in [4.69, 9.17) is 16.3 Å². The fraction of sp³-hybridized carbons (Fsp3) is 0.300. The Kier molecular flexibility index (Phi) is 5.78. The molecule has 10 heteroatoms. The van der Waals surface area contributed by atoms with Gasteiger partial charge < -0.3 is 9.64 Å². The van der Waals surface area contributed by atoms with Gasteiger partial charge in [-0.3, -0.25) is 4.79 Å². The number of hydrogen-bond acceptors (Lipinski definition) is 5. The van der Waals surface area contributed by atoms with Crippen molar-refractivity contribution < 1.29 is 22.3 Å². The van der Waals surface area contributed by atoms with Gasteiger partial charge in [0.15, 0.2) is 21.6 Å². The summed E-state index contributed by atoms with van der Waals surface area (Å²) in [5.41, 5.74) is 0.951. The average molecular weight is 469 g/mol. The fourth-order valence-corrected chi connectivity index (χ4v) is 7.47. The third kappa shape index (κ3) is 4.48. The average Bonchev–Trinajstić information content (AvgIpc) is 3.14. The summed E-state index contributed by atoms with van der Waals surface area (Å²) in [7, 11) is -3.20. The van der Waals surface area contributed by atoms with Gasteiger partial charge in [0.2, 0.25) is 0 Å². The van der Waals surface area contributed by atoms with Gasteiger partial charge in [0, 0.05) is 16.0 Å². The van der Waals surface area contributed by atoms with Crippen LogP contribution in [-0.4, -0.2) is 48.9 Å². The quantitative estimate of drug-likeness (QED) is 0.684. The Morgan fingerprint density at radius 1 is 1.27 bits per heavy atom. The summed E-state index contributed by atoms with van der Waals surface area (Å²) < 4.78 is 43.8. The number of carbonyl (C=O) groups excluding carboxylic acids is 1. The van der Waals surface area contributed by atoms with E-state index in [0.717, 1.165) is 0 Å².